The Balaban J connectivity index is 1.42. The Kier molecular flexibility index (Phi) is 6.56. The van der Waals surface area contributed by atoms with Crippen LogP contribution in [0.3, 0.4) is 0 Å². The third-order valence-electron chi connectivity index (χ3n) is 5.19. The molecule has 0 unspecified atom stereocenters. The van der Waals surface area contributed by atoms with E-state index in [0.717, 1.165) is 24.3 Å². The smallest absolute Gasteiger partial charge is 0.406 e. The molecule has 33 heavy (non-hydrogen) atoms. The summed E-state index contributed by atoms with van der Waals surface area (Å²) in [6, 6.07) is 8.40. The van der Waals surface area contributed by atoms with E-state index < -0.39 is 33.0 Å². The van der Waals surface area contributed by atoms with Crippen LogP contribution in [0.2, 0.25) is 5.02 Å². The predicted molar refractivity (Wildman–Crippen MR) is 118 cm³/mol. The number of ether oxygens (including phenoxy) is 1. The number of piperidine rings is 1. The number of hydrogen-bond acceptors (Lipinski definition) is 6. The average Bonchev–Trinajstić information content (AvgIpc) is 3.23. The van der Waals surface area contributed by atoms with Crippen LogP contribution in [0.15, 0.2) is 52.7 Å². The van der Waals surface area contributed by atoms with Gasteiger partial charge in [0.25, 0.3) is 0 Å². The first-order valence-corrected chi connectivity index (χ1v) is 12.6. The van der Waals surface area contributed by atoms with Crippen molar-refractivity contribution in [2.75, 3.05) is 18.0 Å². The molecule has 0 N–H and O–H groups in total. The van der Waals surface area contributed by atoms with Gasteiger partial charge in [0.05, 0.1) is 15.8 Å². The number of alkyl halides is 3. The van der Waals surface area contributed by atoms with E-state index in [2.05, 4.69) is 9.72 Å². The van der Waals surface area contributed by atoms with E-state index in [9.17, 15) is 26.0 Å². The van der Waals surface area contributed by atoms with Gasteiger partial charge in [-0.3, -0.25) is 0 Å². The lowest BCUT2D eigenvalue weighted by Crippen LogP contribution is -2.39. The van der Waals surface area contributed by atoms with Crippen LogP contribution in [0.5, 0.6) is 5.75 Å². The summed E-state index contributed by atoms with van der Waals surface area (Å²) in [5, 5.41) is 2.08. The van der Waals surface area contributed by atoms with Crippen LogP contribution in [-0.4, -0.2) is 38.1 Å². The Morgan fingerprint density at radius 1 is 1.09 bits per heavy atom. The van der Waals surface area contributed by atoms with Gasteiger partial charge < -0.3 is 9.64 Å². The molecule has 5 nitrogen and oxygen atoms in total. The molecule has 176 valence electrons. The van der Waals surface area contributed by atoms with Crippen LogP contribution in [0.1, 0.15) is 12.8 Å². The third kappa shape index (κ3) is 5.59. The second-order valence-corrected chi connectivity index (χ2v) is 10.9. The van der Waals surface area contributed by atoms with Crippen molar-refractivity contribution in [3.05, 3.63) is 58.7 Å². The first-order chi connectivity index (χ1) is 15.5. The van der Waals surface area contributed by atoms with Crippen LogP contribution < -0.4 is 9.64 Å². The molecule has 0 saturated carbocycles. The lowest BCUT2D eigenvalue weighted by atomic mass is 10.1. The highest BCUT2D eigenvalue weighted by molar-refractivity contribution is 7.92. The number of rotatable bonds is 5. The van der Waals surface area contributed by atoms with Crippen molar-refractivity contribution < 1.29 is 30.7 Å². The zero-order valence-electron chi connectivity index (χ0n) is 16.9. The summed E-state index contributed by atoms with van der Waals surface area (Å²) in [6.45, 7) is 0.881. The fourth-order valence-electron chi connectivity index (χ4n) is 3.62. The van der Waals surface area contributed by atoms with Crippen molar-refractivity contribution >= 4 is 37.9 Å². The highest BCUT2D eigenvalue weighted by Gasteiger charge is 2.33. The van der Waals surface area contributed by atoms with E-state index in [-0.39, 0.29) is 9.92 Å². The fraction of sp³-hybridized carbons (Fsp3) is 0.286. The van der Waals surface area contributed by atoms with Crippen molar-refractivity contribution in [1.29, 1.82) is 0 Å². The van der Waals surface area contributed by atoms with Crippen molar-refractivity contribution in [1.82, 2.24) is 4.98 Å². The molecule has 0 amide bonds. The Morgan fingerprint density at radius 3 is 2.36 bits per heavy atom. The monoisotopic (exact) mass is 520 g/mol. The molecule has 0 radical (unpaired) electrons. The highest BCUT2D eigenvalue weighted by atomic mass is 35.5. The second kappa shape index (κ2) is 9.11. The summed E-state index contributed by atoms with van der Waals surface area (Å²) in [6.07, 6.45) is -4.17. The summed E-state index contributed by atoms with van der Waals surface area (Å²) < 4.78 is 80.2. The predicted octanol–water partition coefficient (Wildman–Crippen LogP) is 5.94. The third-order valence-corrected chi connectivity index (χ3v) is 8.59. The Bertz CT molecular complexity index is 1220. The van der Waals surface area contributed by atoms with Gasteiger partial charge in [-0.1, -0.05) is 11.6 Å². The molecule has 12 heteroatoms. The summed E-state index contributed by atoms with van der Waals surface area (Å²) in [7, 11) is -3.71. The summed E-state index contributed by atoms with van der Waals surface area (Å²) >= 11 is 7.28. The largest absolute Gasteiger partial charge is 0.573 e. The molecule has 0 atom stereocenters. The number of anilines is 1. The lowest BCUT2D eigenvalue weighted by Gasteiger charge is -2.31. The fourth-order valence-corrected chi connectivity index (χ4v) is 6.47. The second-order valence-electron chi connectivity index (χ2n) is 7.42. The average molecular weight is 521 g/mol. The number of halogens is 5. The van der Waals surface area contributed by atoms with Gasteiger partial charge in [0.1, 0.15) is 11.6 Å². The van der Waals surface area contributed by atoms with Crippen LogP contribution in [0.4, 0.5) is 22.7 Å². The Morgan fingerprint density at radius 2 is 1.76 bits per heavy atom. The Labute approximate surface area is 196 Å². The minimum Gasteiger partial charge on any atom is -0.406 e. The molecule has 1 aromatic heterocycles. The van der Waals surface area contributed by atoms with Gasteiger partial charge >= 0.3 is 6.36 Å². The molecule has 0 bridgehead atoms. The number of thiazole rings is 1. The highest BCUT2D eigenvalue weighted by Crippen LogP contribution is 2.33. The number of hydrogen-bond donors (Lipinski definition) is 0. The van der Waals surface area contributed by atoms with E-state index >= 15 is 0 Å². The molecule has 1 aliphatic heterocycles. The van der Waals surface area contributed by atoms with Gasteiger partial charge in [-0.05, 0) is 55.3 Å². The van der Waals surface area contributed by atoms with Crippen molar-refractivity contribution in [2.45, 2.75) is 29.3 Å². The van der Waals surface area contributed by atoms with Gasteiger partial charge in [0, 0.05) is 29.1 Å². The quantitative estimate of drug-likeness (QED) is 0.389. The van der Waals surface area contributed by atoms with E-state index in [0.29, 0.717) is 42.3 Å². The maximum absolute atomic E-state index is 13.6. The molecule has 2 aromatic carbocycles. The van der Waals surface area contributed by atoms with Crippen LogP contribution in [0, 0.1) is 5.82 Å². The van der Waals surface area contributed by atoms with Gasteiger partial charge in [-0.2, -0.15) is 0 Å². The van der Waals surface area contributed by atoms with E-state index in [4.69, 9.17) is 11.6 Å². The first-order valence-electron chi connectivity index (χ1n) is 9.78. The normalized spacial score (nSPS) is 15.6. The topological polar surface area (TPSA) is 59.5 Å². The lowest BCUT2D eigenvalue weighted by molar-refractivity contribution is -0.274. The molecule has 1 saturated heterocycles. The standard InChI is InChI=1S/C21H17ClF4N2O3S2/c22-14-9-13(10-15(23)11-14)19-12-32-20(27-19)28-7-5-18(6-8-28)33(29,30)17-3-1-16(2-4-17)31-21(24,25)26/h1-4,9-12,18H,5-8H2. The molecule has 0 aliphatic carbocycles. The number of sulfone groups is 1. The zero-order valence-corrected chi connectivity index (χ0v) is 19.2. The van der Waals surface area contributed by atoms with Crippen LogP contribution in [-0.2, 0) is 9.84 Å². The minimum atomic E-state index is -4.84. The molecule has 0 spiro atoms. The molecule has 3 aromatic rings. The molecular formula is C21H17ClF4N2O3S2. The van der Waals surface area contributed by atoms with Crippen molar-refractivity contribution in [3.8, 4) is 17.0 Å². The molecular weight excluding hydrogens is 504 g/mol. The number of aromatic nitrogens is 1. The van der Waals surface area contributed by atoms with Gasteiger partial charge in [0.15, 0.2) is 15.0 Å². The van der Waals surface area contributed by atoms with Crippen LogP contribution >= 0.6 is 22.9 Å². The number of benzene rings is 2. The first kappa shape index (κ1) is 23.8. The van der Waals surface area contributed by atoms with Crippen molar-refractivity contribution in [2.24, 2.45) is 0 Å². The molecule has 1 fully saturated rings. The van der Waals surface area contributed by atoms with Gasteiger partial charge in [-0.25, -0.2) is 17.8 Å². The molecule has 1 aliphatic rings. The summed E-state index contributed by atoms with van der Waals surface area (Å²) in [4.78, 5) is 6.45. The van der Waals surface area contributed by atoms with Crippen molar-refractivity contribution in [3.63, 3.8) is 0 Å². The Hall–Kier alpha value is -2.37. The number of nitrogens with zero attached hydrogens (tertiary/aromatic N) is 2. The van der Waals surface area contributed by atoms with E-state index in [1.54, 1.807) is 11.4 Å². The minimum absolute atomic E-state index is 0.0463. The van der Waals surface area contributed by atoms with Gasteiger partial charge in [-0.15, -0.1) is 24.5 Å². The van der Waals surface area contributed by atoms with Gasteiger partial charge in [0.2, 0.25) is 0 Å². The SMILES string of the molecule is O=S(=O)(c1ccc(OC(F)(F)F)cc1)C1CCN(c2nc(-c3cc(F)cc(Cl)c3)cs2)CC1. The maximum Gasteiger partial charge on any atom is 0.573 e. The zero-order chi connectivity index (χ0) is 23.8. The van der Waals surface area contributed by atoms with E-state index in [1.807, 2.05) is 4.90 Å². The van der Waals surface area contributed by atoms with Crippen LogP contribution in [0.25, 0.3) is 11.3 Å². The maximum atomic E-state index is 13.6. The summed E-state index contributed by atoms with van der Waals surface area (Å²) in [5.41, 5.74) is 1.13. The van der Waals surface area contributed by atoms with E-state index in [1.165, 1.54) is 23.5 Å². The molecule has 4 rings (SSSR count). The summed E-state index contributed by atoms with van der Waals surface area (Å²) in [5.74, 6) is -0.938. The molecule has 2 heterocycles.